The Bertz CT molecular complexity index is 560. The molecule has 1 rings (SSSR count). The highest BCUT2D eigenvalue weighted by Crippen LogP contribution is 2.16. The fourth-order valence-corrected chi connectivity index (χ4v) is 2.73. The molecule has 0 aliphatic heterocycles. The Balaban J connectivity index is 3.12. The van der Waals surface area contributed by atoms with Crippen LogP contribution in [-0.2, 0) is 14.8 Å². The normalized spacial score (nSPS) is 12.2. The minimum absolute atomic E-state index is 0.0479. The summed E-state index contributed by atoms with van der Waals surface area (Å²) in [6.07, 6.45) is 0. The number of sulfonamides is 1. The van der Waals surface area contributed by atoms with Crippen LogP contribution in [0.3, 0.4) is 0 Å². The Hall–Kier alpha value is -1.44. The molecular weight excluding hydrogens is 270 g/mol. The Morgan fingerprint density at radius 3 is 2.47 bits per heavy atom. The molecular formula is C12H17NO5S. The van der Waals surface area contributed by atoms with Crippen molar-refractivity contribution < 1.29 is 23.1 Å². The van der Waals surface area contributed by atoms with Crippen molar-refractivity contribution in [1.82, 2.24) is 4.72 Å². The zero-order valence-electron chi connectivity index (χ0n) is 11.0. The lowest BCUT2D eigenvalue weighted by molar-refractivity contribution is 0.0596. The number of carbonyl (C=O) groups excluding carboxylic acids is 1. The lowest BCUT2D eigenvalue weighted by Gasteiger charge is -2.18. The molecule has 0 fully saturated rings. The molecule has 0 radical (unpaired) electrons. The number of rotatable bonds is 5. The van der Waals surface area contributed by atoms with Gasteiger partial charge in [0, 0.05) is 6.54 Å². The molecule has 0 heterocycles. The zero-order valence-corrected chi connectivity index (χ0v) is 11.8. The van der Waals surface area contributed by atoms with Crippen LogP contribution in [0.4, 0.5) is 0 Å². The van der Waals surface area contributed by atoms with E-state index < -0.39 is 21.6 Å². The number of hydrogen-bond donors (Lipinski definition) is 2. The Morgan fingerprint density at radius 1 is 1.37 bits per heavy atom. The van der Waals surface area contributed by atoms with E-state index in [0.29, 0.717) is 0 Å². The van der Waals surface area contributed by atoms with Gasteiger partial charge in [0.25, 0.3) is 0 Å². The zero-order chi connectivity index (χ0) is 14.7. The Kier molecular flexibility index (Phi) is 4.67. The highest BCUT2D eigenvalue weighted by molar-refractivity contribution is 7.89. The summed E-state index contributed by atoms with van der Waals surface area (Å²) in [6.45, 7) is 2.79. The van der Waals surface area contributed by atoms with Crippen molar-refractivity contribution in [2.75, 3.05) is 13.7 Å². The van der Waals surface area contributed by atoms with Crippen molar-refractivity contribution in [2.24, 2.45) is 0 Å². The first kappa shape index (κ1) is 15.6. The highest BCUT2D eigenvalue weighted by Gasteiger charge is 2.24. The van der Waals surface area contributed by atoms with Gasteiger partial charge in [-0.05, 0) is 26.0 Å². The quantitative estimate of drug-likeness (QED) is 0.770. The van der Waals surface area contributed by atoms with E-state index >= 15 is 0 Å². The first-order valence-corrected chi connectivity index (χ1v) is 7.05. The third-order valence-electron chi connectivity index (χ3n) is 2.28. The predicted octanol–water partition coefficient (Wildman–Crippen LogP) is 0.522. The summed E-state index contributed by atoms with van der Waals surface area (Å²) in [5.41, 5.74) is -1.24. The van der Waals surface area contributed by atoms with Crippen LogP contribution in [-0.4, -0.2) is 38.7 Å². The molecule has 0 bridgehead atoms. The maximum Gasteiger partial charge on any atom is 0.339 e. The number of carbonyl (C=O) groups is 1. The second kappa shape index (κ2) is 5.68. The number of methoxy groups -OCH3 is 1. The topological polar surface area (TPSA) is 92.7 Å². The van der Waals surface area contributed by atoms with Crippen molar-refractivity contribution in [3.8, 4) is 0 Å². The van der Waals surface area contributed by atoms with Gasteiger partial charge >= 0.3 is 5.97 Å². The van der Waals surface area contributed by atoms with Crippen LogP contribution in [0.15, 0.2) is 29.2 Å². The molecule has 0 amide bonds. The summed E-state index contributed by atoms with van der Waals surface area (Å²) in [5, 5.41) is 9.53. The molecule has 0 aromatic heterocycles. The number of esters is 1. The number of nitrogens with one attached hydrogen (secondary N) is 1. The summed E-state index contributed by atoms with van der Waals surface area (Å²) < 4.78 is 31.0. The van der Waals surface area contributed by atoms with Crippen LogP contribution in [0, 0.1) is 0 Å². The lowest BCUT2D eigenvalue weighted by Crippen LogP contribution is -2.38. The van der Waals surface area contributed by atoms with Gasteiger partial charge in [-0.3, -0.25) is 0 Å². The van der Waals surface area contributed by atoms with Gasteiger partial charge in [0.15, 0.2) is 0 Å². The molecule has 0 aliphatic carbocycles. The Morgan fingerprint density at radius 2 is 1.95 bits per heavy atom. The van der Waals surface area contributed by atoms with E-state index in [1.165, 1.54) is 39.2 Å². The molecule has 1 aromatic carbocycles. The minimum atomic E-state index is -3.89. The second-order valence-corrected chi connectivity index (χ2v) is 6.36. The van der Waals surface area contributed by atoms with E-state index in [4.69, 9.17) is 0 Å². The summed E-state index contributed by atoms with van der Waals surface area (Å²) in [6, 6.07) is 5.72. The van der Waals surface area contributed by atoms with E-state index in [-0.39, 0.29) is 17.0 Å². The van der Waals surface area contributed by atoms with Crippen molar-refractivity contribution in [2.45, 2.75) is 24.3 Å². The van der Waals surface area contributed by atoms with Crippen LogP contribution in [0.25, 0.3) is 0 Å². The minimum Gasteiger partial charge on any atom is -0.465 e. The monoisotopic (exact) mass is 287 g/mol. The van der Waals surface area contributed by atoms with Gasteiger partial charge in [-0.1, -0.05) is 12.1 Å². The number of aliphatic hydroxyl groups is 1. The molecule has 0 aliphatic rings. The Labute approximate surface area is 112 Å². The fourth-order valence-electron chi connectivity index (χ4n) is 1.33. The maximum absolute atomic E-state index is 12.1. The van der Waals surface area contributed by atoms with Gasteiger partial charge < -0.3 is 9.84 Å². The summed E-state index contributed by atoms with van der Waals surface area (Å²) >= 11 is 0. The van der Waals surface area contributed by atoms with E-state index in [0.717, 1.165) is 0 Å². The molecule has 106 valence electrons. The molecule has 0 saturated carbocycles. The third-order valence-corrected chi connectivity index (χ3v) is 3.74. The molecule has 1 aromatic rings. The maximum atomic E-state index is 12.1. The molecule has 0 spiro atoms. The molecule has 0 atom stereocenters. The van der Waals surface area contributed by atoms with Crippen molar-refractivity contribution in [3.63, 3.8) is 0 Å². The van der Waals surface area contributed by atoms with Gasteiger partial charge in [0.1, 0.15) is 0 Å². The van der Waals surface area contributed by atoms with Crippen molar-refractivity contribution >= 4 is 16.0 Å². The van der Waals surface area contributed by atoms with Crippen LogP contribution >= 0.6 is 0 Å². The lowest BCUT2D eigenvalue weighted by atomic mass is 10.1. The SMILES string of the molecule is COC(=O)c1ccccc1S(=O)(=O)NCC(C)(C)O. The van der Waals surface area contributed by atoms with Gasteiger partial charge in [0.2, 0.25) is 10.0 Å². The summed E-state index contributed by atoms with van der Waals surface area (Å²) in [4.78, 5) is 11.3. The summed E-state index contributed by atoms with van der Waals surface area (Å²) in [5.74, 6) is -0.732. The first-order valence-electron chi connectivity index (χ1n) is 5.57. The highest BCUT2D eigenvalue weighted by atomic mass is 32.2. The number of benzene rings is 1. The van der Waals surface area contributed by atoms with Crippen LogP contribution in [0.5, 0.6) is 0 Å². The first-order chi connectivity index (χ1) is 8.67. The molecule has 19 heavy (non-hydrogen) atoms. The average Bonchev–Trinajstić information content (AvgIpc) is 2.35. The molecule has 6 nitrogen and oxygen atoms in total. The standard InChI is InChI=1S/C12H17NO5S/c1-12(2,15)8-13-19(16,17)10-7-5-4-6-9(10)11(14)18-3/h4-7,13,15H,8H2,1-3H3. The predicted molar refractivity (Wildman–Crippen MR) is 69.3 cm³/mol. The summed E-state index contributed by atoms with van der Waals surface area (Å²) in [7, 11) is -2.71. The smallest absolute Gasteiger partial charge is 0.339 e. The molecule has 0 unspecified atom stereocenters. The molecule has 0 saturated heterocycles. The number of hydrogen-bond acceptors (Lipinski definition) is 5. The van der Waals surface area contributed by atoms with E-state index in [9.17, 15) is 18.3 Å². The molecule has 7 heteroatoms. The van der Waals surface area contributed by atoms with Crippen LogP contribution < -0.4 is 4.72 Å². The van der Waals surface area contributed by atoms with Gasteiger partial charge in [-0.2, -0.15) is 0 Å². The van der Waals surface area contributed by atoms with E-state index in [1.54, 1.807) is 6.07 Å². The van der Waals surface area contributed by atoms with Crippen LogP contribution in [0.2, 0.25) is 0 Å². The van der Waals surface area contributed by atoms with Gasteiger partial charge in [-0.15, -0.1) is 0 Å². The van der Waals surface area contributed by atoms with E-state index in [2.05, 4.69) is 9.46 Å². The van der Waals surface area contributed by atoms with Crippen molar-refractivity contribution in [3.05, 3.63) is 29.8 Å². The van der Waals surface area contributed by atoms with Gasteiger partial charge in [0.05, 0.1) is 23.2 Å². The second-order valence-electron chi connectivity index (χ2n) is 4.62. The third kappa shape index (κ3) is 4.30. The van der Waals surface area contributed by atoms with Crippen LogP contribution in [0.1, 0.15) is 24.2 Å². The van der Waals surface area contributed by atoms with Crippen molar-refractivity contribution in [1.29, 1.82) is 0 Å². The van der Waals surface area contributed by atoms with E-state index in [1.807, 2.05) is 0 Å². The largest absolute Gasteiger partial charge is 0.465 e. The fraction of sp³-hybridized carbons (Fsp3) is 0.417. The molecule has 2 N–H and O–H groups in total. The number of ether oxygens (including phenoxy) is 1. The van der Waals surface area contributed by atoms with Gasteiger partial charge in [-0.25, -0.2) is 17.9 Å². The average molecular weight is 287 g/mol.